The first-order valence-corrected chi connectivity index (χ1v) is 13.8. The molecule has 1 rings (SSSR count). The van der Waals surface area contributed by atoms with E-state index in [0.29, 0.717) is 23.0 Å². The molecule has 0 radical (unpaired) electrons. The lowest BCUT2D eigenvalue weighted by atomic mass is 9.92. The van der Waals surface area contributed by atoms with E-state index < -0.39 is 0 Å². The third kappa shape index (κ3) is 9.79. The van der Waals surface area contributed by atoms with E-state index >= 15 is 0 Å². The summed E-state index contributed by atoms with van der Waals surface area (Å²) < 4.78 is 0. The van der Waals surface area contributed by atoms with E-state index in [0.717, 1.165) is 60.5 Å². The summed E-state index contributed by atoms with van der Waals surface area (Å²) in [5, 5.41) is 5.12. The molecule has 0 spiro atoms. The van der Waals surface area contributed by atoms with Crippen molar-refractivity contribution >= 4 is 29.4 Å². The van der Waals surface area contributed by atoms with Crippen molar-refractivity contribution in [3.05, 3.63) is 69.9 Å². The smallest absolute Gasteiger partial charge is 0.0626 e. The van der Waals surface area contributed by atoms with Gasteiger partial charge in [0.15, 0.2) is 0 Å². The van der Waals surface area contributed by atoms with Crippen LogP contribution in [0.1, 0.15) is 73.6 Å². The summed E-state index contributed by atoms with van der Waals surface area (Å²) in [6, 6.07) is 0.783. The lowest BCUT2D eigenvalue weighted by Crippen LogP contribution is -2.46. The molecule has 0 aromatic carbocycles. The summed E-state index contributed by atoms with van der Waals surface area (Å²) in [4.78, 5) is 6.80. The first-order chi connectivity index (χ1) is 16.7. The first kappa shape index (κ1) is 31.5. The van der Waals surface area contributed by atoms with Crippen molar-refractivity contribution in [3.8, 4) is 0 Å². The van der Waals surface area contributed by atoms with Gasteiger partial charge in [-0.05, 0) is 76.0 Å². The van der Waals surface area contributed by atoms with Gasteiger partial charge in [-0.2, -0.15) is 0 Å². The summed E-state index contributed by atoms with van der Waals surface area (Å²) in [6.07, 6.45) is 19.3. The minimum Gasteiger partial charge on any atom is -0.384 e. The molecule has 0 aromatic rings. The van der Waals surface area contributed by atoms with Crippen molar-refractivity contribution in [2.75, 3.05) is 13.6 Å². The molecular formula is C30H47Cl2N3. The Morgan fingerprint density at radius 3 is 2.49 bits per heavy atom. The topological polar surface area (TPSA) is 27.6 Å². The van der Waals surface area contributed by atoms with Crippen molar-refractivity contribution in [2.45, 2.75) is 91.8 Å². The average molecular weight is 521 g/mol. The highest BCUT2D eigenvalue weighted by atomic mass is 35.5. The van der Waals surface area contributed by atoms with Gasteiger partial charge in [-0.3, -0.25) is 9.89 Å². The van der Waals surface area contributed by atoms with Gasteiger partial charge in [0, 0.05) is 47.7 Å². The van der Waals surface area contributed by atoms with Crippen LogP contribution in [0.25, 0.3) is 0 Å². The van der Waals surface area contributed by atoms with Crippen LogP contribution in [-0.4, -0.2) is 42.8 Å². The van der Waals surface area contributed by atoms with E-state index in [1.807, 2.05) is 45.3 Å². The molecule has 0 bridgehead atoms. The molecule has 1 heterocycles. The predicted molar refractivity (Wildman–Crippen MR) is 159 cm³/mol. The number of aliphatic imine (C=N–C) groups is 1. The van der Waals surface area contributed by atoms with Crippen LogP contribution in [0.15, 0.2) is 74.9 Å². The fourth-order valence-corrected chi connectivity index (χ4v) is 5.17. The molecule has 196 valence electrons. The summed E-state index contributed by atoms with van der Waals surface area (Å²) >= 11 is 13.6. The number of allylic oxidation sites excluding steroid dienone is 7. The monoisotopic (exact) mass is 519 g/mol. The second kappa shape index (κ2) is 17.0. The summed E-state index contributed by atoms with van der Waals surface area (Å²) in [5.74, 6) is 0.497. The van der Waals surface area contributed by atoms with Crippen molar-refractivity contribution < 1.29 is 0 Å². The van der Waals surface area contributed by atoms with Crippen LogP contribution < -0.4 is 5.32 Å². The lowest BCUT2D eigenvalue weighted by Gasteiger charge is -2.39. The van der Waals surface area contributed by atoms with Gasteiger partial charge in [0.1, 0.15) is 0 Å². The number of halogens is 2. The first-order valence-electron chi connectivity index (χ1n) is 13.1. The Morgan fingerprint density at radius 1 is 1.20 bits per heavy atom. The second-order valence-corrected chi connectivity index (χ2v) is 10.2. The van der Waals surface area contributed by atoms with Crippen molar-refractivity contribution in [3.63, 3.8) is 0 Å². The van der Waals surface area contributed by atoms with Crippen LogP contribution in [0.5, 0.6) is 0 Å². The van der Waals surface area contributed by atoms with Crippen molar-refractivity contribution in [1.82, 2.24) is 10.2 Å². The summed E-state index contributed by atoms with van der Waals surface area (Å²) in [7, 11) is 1.81. The molecule has 0 aromatic heterocycles. The van der Waals surface area contributed by atoms with Gasteiger partial charge in [0.05, 0.1) is 6.04 Å². The quantitative estimate of drug-likeness (QED) is 0.184. The largest absolute Gasteiger partial charge is 0.384 e. The molecule has 1 aliphatic rings. The molecule has 1 saturated heterocycles. The molecular weight excluding hydrogens is 473 g/mol. The van der Waals surface area contributed by atoms with Gasteiger partial charge in [0.25, 0.3) is 0 Å². The third-order valence-electron chi connectivity index (χ3n) is 6.50. The Labute approximate surface area is 225 Å². The fraction of sp³-hybridized carbons (Fsp3) is 0.567. The van der Waals surface area contributed by atoms with Crippen LogP contribution in [0, 0.1) is 5.92 Å². The molecule has 1 N–H and O–H groups in total. The number of hydrogen-bond acceptors (Lipinski definition) is 3. The lowest BCUT2D eigenvalue weighted by molar-refractivity contribution is 0.159. The van der Waals surface area contributed by atoms with E-state index in [1.54, 1.807) is 0 Å². The van der Waals surface area contributed by atoms with Gasteiger partial charge >= 0.3 is 0 Å². The molecule has 3 nitrogen and oxygen atoms in total. The van der Waals surface area contributed by atoms with Crippen LogP contribution in [0.2, 0.25) is 0 Å². The summed E-state index contributed by atoms with van der Waals surface area (Å²) in [6.45, 7) is 18.3. The van der Waals surface area contributed by atoms with Crippen LogP contribution in [0.3, 0.4) is 0 Å². The Morgan fingerprint density at radius 2 is 1.91 bits per heavy atom. The number of rotatable bonds is 14. The van der Waals surface area contributed by atoms with Gasteiger partial charge in [-0.15, -0.1) is 0 Å². The number of nitrogens with one attached hydrogen (secondary N) is 1. The van der Waals surface area contributed by atoms with E-state index in [1.165, 1.54) is 0 Å². The van der Waals surface area contributed by atoms with Gasteiger partial charge in [-0.25, -0.2) is 0 Å². The number of hydrogen-bond donors (Lipinski definition) is 1. The highest BCUT2D eigenvalue weighted by Gasteiger charge is 2.39. The molecule has 4 atom stereocenters. The highest BCUT2D eigenvalue weighted by Crippen LogP contribution is 2.39. The van der Waals surface area contributed by atoms with Gasteiger partial charge in [-0.1, -0.05) is 80.9 Å². The Kier molecular flexibility index (Phi) is 15.3. The minimum atomic E-state index is -0.0573. The molecule has 1 aliphatic heterocycles. The minimum absolute atomic E-state index is 0.0573. The Balaban J connectivity index is 3.31. The highest BCUT2D eigenvalue weighted by molar-refractivity contribution is 6.32. The second-order valence-electron chi connectivity index (χ2n) is 9.39. The maximum absolute atomic E-state index is 6.84. The Hall–Kier alpha value is -1.55. The van der Waals surface area contributed by atoms with Gasteiger partial charge in [0.2, 0.25) is 0 Å². The normalized spacial score (nSPS) is 22.9. The van der Waals surface area contributed by atoms with Crippen molar-refractivity contribution in [1.29, 1.82) is 0 Å². The third-order valence-corrected chi connectivity index (χ3v) is 7.36. The van der Waals surface area contributed by atoms with Crippen LogP contribution in [0.4, 0.5) is 0 Å². The van der Waals surface area contributed by atoms with E-state index in [2.05, 4.69) is 67.7 Å². The molecule has 0 saturated carbocycles. The average Bonchev–Trinajstić information content (AvgIpc) is 3.19. The molecule has 1 fully saturated rings. The Bertz CT molecular complexity index is 848. The number of likely N-dealkylation sites (tertiary alicyclic amines) is 1. The molecule has 5 heteroatoms. The SMILES string of the molecule is C=C(/C(Cl)=C\C=C/C)C(C(/C=C\C)=C(\Cl)CC)N1C(C)CCC1CC(C)CN/C(C=NC)=C/CC. The van der Waals surface area contributed by atoms with Crippen molar-refractivity contribution in [2.24, 2.45) is 10.9 Å². The van der Waals surface area contributed by atoms with E-state index in [4.69, 9.17) is 23.2 Å². The maximum Gasteiger partial charge on any atom is 0.0626 e. The molecule has 0 aliphatic carbocycles. The zero-order valence-corrected chi connectivity index (χ0v) is 24.5. The van der Waals surface area contributed by atoms with Crippen LogP contribution >= 0.6 is 23.2 Å². The zero-order valence-electron chi connectivity index (χ0n) is 23.0. The van der Waals surface area contributed by atoms with E-state index in [9.17, 15) is 0 Å². The maximum atomic E-state index is 6.84. The molecule has 4 unspecified atom stereocenters. The van der Waals surface area contributed by atoms with Gasteiger partial charge < -0.3 is 5.32 Å². The standard InChI is InChI=1S/C30H47Cl2N3/c1-9-13-16-29(32)24(7)30(27(15-11-3)28(31)12-4)35-23(6)17-18-26(35)19-22(5)20-34-25(14-10-2)21-33-8/h9,11,13-16,21-23,26,30,34H,7,10,12,17-20H2,1-6,8H3/b13-9-,15-11-,25-14+,28-27-,29-16+,33-21?. The van der Waals surface area contributed by atoms with Crippen LogP contribution in [-0.2, 0) is 0 Å². The fourth-order valence-electron chi connectivity index (χ4n) is 4.83. The molecule has 35 heavy (non-hydrogen) atoms. The molecule has 0 amide bonds. The summed E-state index contributed by atoms with van der Waals surface area (Å²) in [5.41, 5.74) is 3.10. The zero-order chi connectivity index (χ0) is 26.4. The number of nitrogens with zero attached hydrogens (tertiary/aromatic N) is 2. The van der Waals surface area contributed by atoms with E-state index in [-0.39, 0.29) is 6.04 Å². The predicted octanol–water partition coefficient (Wildman–Crippen LogP) is 8.55.